The van der Waals surface area contributed by atoms with Crippen molar-refractivity contribution in [2.45, 2.75) is 31.7 Å². The molecule has 6 nitrogen and oxygen atoms in total. The molecule has 1 aliphatic carbocycles. The lowest BCUT2D eigenvalue weighted by atomic mass is 9.95. The maximum absolute atomic E-state index is 12.7. The summed E-state index contributed by atoms with van der Waals surface area (Å²) in [6.45, 7) is 0.0803. The number of aryl methyl sites for hydroxylation is 1. The first-order valence-corrected chi connectivity index (χ1v) is 10.9. The summed E-state index contributed by atoms with van der Waals surface area (Å²) in [5.74, 6) is -0.693. The highest BCUT2D eigenvalue weighted by molar-refractivity contribution is 7.17. The normalized spacial score (nSPS) is 14.0. The van der Waals surface area contributed by atoms with E-state index in [2.05, 4.69) is 15.6 Å². The lowest BCUT2D eigenvalue weighted by molar-refractivity contribution is -0.115. The molecule has 0 aliphatic heterocycles. The Kier molecular flexibility index (Phi) is 6.21. The molecule has 7 heteroatoms. The van der Waals surface area contributed by atoms with E-state index in [9.17, 15) is 9.59 Å². The Hall–Kier alpha value is -3.03. The number of nitrogens with two attached hydrogens (primary N) is 1. The number of fused-ring (bicyclic) bond motifs is 1. The molecule has 1 aliphatic rings. The lowest BCUT2D eigenvalue weighted by Gasteiger charge is -2.18. The molecule has 2 amide bonds. The second kappa shape index (κ2) is 9.19. The standard InChI is InChI=1S/C23H24N4O2S/c24-22(29)20-16-10-4-5-12-18(16)30-23(20)27-19(28)14-26-21(15-8-2-1-3-9-15)17-11-6-7-13-25-17/h1-3,6-9,11,13,21,26H,4-5,10,12,14H2,(H2,24,29)(H,27,28). The van der Waals surface area contributed by atoms with E-state index in [-0.39, 0.29) is 18.5 Å². The van der Waals surface area contributed by atoms with E-state index >= 15 is 0 Å². The second-order valence-corrected chi connectivity index (χ2v) is 8.41. The molecule has 0 saturated carbocycles. The van der Waals surface area contributed by atoms with Crippen molar-refractivity contribution in [3.63, 3.8) is 0 Å². The van der Waals surface area contributed by atoms with E-state index in [1.165, 1.54) is 11.3 Å². The summed E-state index contributed by atoms with van der Waals surface area (Å²) >= 11 is 1.47. The molecule has 1 atom stereocenters. The zero-order chi connectivity index (χ0) is 20.9. The molecule has 1 aromatic carbocycles. The van der Waals surface area contributed by atoms with Crippen LogP contribution in [0, 0.1) is 0 Å². The van der Waals surface area contributed by atoms with Crippen molar-refractivity contribution in [3.05, 3.63) is 82.0 Å². The first-order valence-electron chi connectivity index (χ1n) is 10.1. The van der Waals surface area contributed by atoms with E-state index in [0.29, 0.717) is 10.6 Å². The maximum atomic E-state index is 12.7. The van der Waals surface area contributed by atoms with Crippen LogP contribution in [0.3, 0.4) is 0 Å². The summed E-state index contributed by atoms with van der Waals surface area (Å²) in [5, 5.41) is 6.76. The van der Waals surface area contributed by atoms with E-state index < -0.39 is 5.91 Å². The molecule has 0 spiro atoms. The van der Waals surface area contributed by atoms with Gasteiger partial charge in [-0.2, -0.15) is 0 Å². The monoisotopic (exact) mass is 420 g/mol. The van der Waals surface area contributed by atoms with E-state index in [4.69, 9.17) is 5.73 Å². The summed E-state index contributed by atoms with van der Waals surface area (Å²) in [7, 11) is 0. The first-order chi connectivity index (χ1) is 14.6. The number of hydrogen-bond acceptors (Lipinski definition) is 5. The van der Waals surface area contributed by atoms with Gasteiger partial charge in [0.2, 0.25) is 5.91 Å². The molecule has 0 saturated heterocycles. The van der Waals surface area contributed by atoms with E-state index in [0.717, 1.165) is 47.4 Å². The number of carbonyl (C=O) groups is 2. The van der Waals surface area contributed by atoms with Crippen molar-refractivity contribution in [1.82, 2.24) is 10.3 Å². The lowest BCUT2D eigenvalue weighted by Crippen LogP contribution is -2.32. The molecule has 2 heterocycles. The van der Waals surface area contributed by atoms with Crippen LogP contribution in [0.25, 0.3) is 0 Å². The third kappa shape index (κ3) is 4.42. The molecule has 3 aromatic rings. The summed E-state index contributed by atoms with van der Waals surface area (Å²) in [5.41, 5.74) is 8.97. The quantitative estimate of drug-likeness (QED) is 0.545. The molecule has 4 rings (SSSR count). The minimum absolute atomic E-state index is 0.0803. The predicted octanol–water partition coefficient (Wildman–Crippen LogP) is 3.44. The third-order valence-electron chi connectivity index (χ3n) is 5.25. The van der Waals surface area contributed by atoms with Crippen LogP contribution in [0.4, 0.5) is 5.00 Å². The molecule has 2 aromatic heterocycles. The number of hydrogen-bond donors (Lipinski definition) is 3. The van der Waals surface area contributed by atoms with Gasteiger partial charge in [0, 0.05) is 11.1 Å². The van der Waals surface area contributed by atoms with Crippen LogP contribution in [0.1, 0.15) is 50.9 Å². The summed E-state index contributed by atoms with van der Waals surface area (Å²) < 4.78 is 0. The van der Waals surface area contributed by atoms with Crippen molar-refractivity contribution in [3.8, 4) is 0 Å². The van der Waals surface area contributed by atoms with Crippen molar-refractivity contribution in [1.29, 1.82) is 0 Å². The number of pyridine rings is 1. The average Bonchev–Trinajstić information content (AvgIpc) is 3.13. The Morgan fingerprint density at radius 1 is 1.07 bits per heavy atom. The zero-order valence-corrected chi connectivity index (χ0v) is 17.4. The highest BCUT2D eigenvalue weighted by Crippen LogP contribution is 2.37. The number of amides is 2. The fraction of sp³-hybridized carbons (Fsp3) is 0.261. The van der Waals surface area contributed by atoms with Gasteiger partial charge >= 0.3 is 0 Å². The number of thiophene rings is 1. The van der Waals surface area contributed by atoms with Gasteiger partial charge in [0.05, 0.1) is 23.8 Å². The summed E-state index contributed by atoms with van der Waals surface area (Å²) in [4.78, 5) is 30.4. The maximum Gasteiger partial charge on any atom is 0.251 e. The number of aromatic nitrogens is 1. The van der Waals surface area contributed by atoms with E-state index in [1.807, 2.05) is 48.5 Å². The van der Waals surface area contributed by atoms with Gasteiger partial charge in [0.25, 0.3) is 5.91 Å². The van der Waals surface area contributed by atoms with Crippen molar-refractivity contribution in [2.24, 2.45) is 5.73 Å². The number of benzene rings is 1. The topological polar surface area (TPSA) is 97.1 Å². The van der Waals surface area contributed by atoms with Gasteiger partial charge in [0.1, 0.15) is 5.00 Å². The minimum atomic E-state index is -0.478. The largest absolute Gasteiger partial charge is 0.365 e. The molecule has 0 radical (unpaired) electrons. The van der Waals surface area contributed by atoms with Gasteiger partial charge in [-0.1, -0.05) is 36.4 Å². The first kappa shape index (κ1) is 20.3. The minimum Gasteiger partial charge on any atom is -0.365 e. The van der Waals surface area contributed by atoms with Crippen molar-refractivity contribution in [2.75, 3.05) is 11.9 Å². The Morgan fingerprint density at radius 2 is 1.83 bits per heavy atom. The number of nitrogens with zero attached hydrogens (tertiary/aromatic N) is 1. The number of nitrogens with one attached hydrogen (secondary N) is 2. The summed E-state index contributed by atoms with van der Waals surface area (Å²) in [6.07, 6.45) is 5.66. The molecule has 0 bridgehead atoms. The van der Waals surface area contributed by atoms with Crippen LogP contribution in [0.2, 0.25) is 0 Å². The van der Waals surface area contributed by atoms with Gasteiger partial charge in [-0.15, -0.1) is 11.3 Å². The summed E-state index contributed by atoms with van der Waals surface area (Å²) in [6, 6.07) is 15.4. The number of carbonyl (C=O) groups excluding carboxylic acids is 2. The highest BCUT2D eigenvalue weighted by atomic mass is 32.1. The molecule has 154 valence electrons. The van der Waals surface area contributed by atoms with Gasteiger partial charge < -0.3 is 11.1 Å². The van der Waals surface area contributed by atoms with Crippen LogP contribution in [0.15, 0.2) is 54.7 Å². The number of primary amides is 1. The molecule has 0 fully saturated rings. The Balaban J connectivity index is 1.50. The molecule has 30 heavy (non-hydrogen) atoms. The van der Waals surface area contributed by atoms with Crippen molar-refractivity contribution < 1.29 is 9.59 Å². The SMILES string of the molecule is NC(=O)c1c(NC(=O)CNC(c2ccccc2)c2ccccn2)sc2c1CCCC2. The smallest absolute Gasteiger partial charge is 0.251 e. The van der Waals surface area contributed by atoms with Gasteiger partial charge in [-0.25, -0.2) is 0 Å². The molecule has 1 unspecified atom stereocenters. The van der Waals surface area contributed by atoms with Crippen LogP contribution in [-0.2, 0) is 17.6 Å². The van der Waals surface area contributed by atoms with Crippen molar-refractivity contribution >= 4 is 28.2 Å². The van der Waals surface area contributed by atoms with Gasteiger partial charge in [0.15, 0.2) is 0 Å². The van der Waals surface area contributed by atoms with Gasteiger partial charge in [-0.05, 0) is 48.9 Å². The molecule has 4 N–H and O–H groups in total. The zero-order valence-electron chi connectivity index (χ0n) is 16.6. The van der Waals surface area contributed by atoms with E-state index in [1.54, 1.807) is 6.20 Å². The van der Waals surface area contributed by atoms with Gasteiger partial charge in [-0.3, -0.25) is 19.9 Å². The number of rotatable bonds is 7. The average molecular weight is 421 g/mol. The van der Waals surface area contributed by atoms with Crippen LogP contribution in [0.5, 0.6) is 0 Å². The van der Waals surface area contributed by atoms with Crippen LogP contribution in [-0.4, -0.2) is 23.3 Å². The third-order valence-corrected chi connectivity index (χ3v) is 6.46. The highest BCUT2D eigenvalue weighted by Gasteiger charge is 2.25. The fourth-order valence-corrected chi connectivity index (χ4v) is 5.18. The Labute approximate surface area is 179 Å². The second-order valence-electron chi connectivity index (χ2n) is 7.31. The predicted molar refractivity (Wildman–Crippen MR) is 119 cm³/mol. The Bertz CT molecular complexity index is 995. The van der Waals surface area contributed by atoms with Crippen LogP contribution < -0.4 is 16.4 Å². The molecular weight excluding hydrogens is 396 g/mol. The molecular formula is C23H24N4O2S. The number of anilines is 1. The fourth-order valence-electron chi connectivity index (χ4n) is 3.87. The Morgan fingerprint density at radius 3 is 2.57 bits per heavy atom. The van der Waals surface area contributed by atoms with Crippen LogP contribution >= 0.6 is 11.3 Å².